The molecule has 0 unspecified atom stereocenters. The lowest BCUT2D eigenvalue weighted by atomic mass is 9.33. The molecule has 83 heavy (non-hydrogen) atoms. The van der Waals surface area contributed by atoms with Crippen LogP contribution in [0.15, 0.2) is 11.6 Å². The molecule has 0 radical (unpaired) electrons. The van der Waals surface area contributed by atoms with Crippen molar-refractivity contribution in [2.75, 3.05) is 33.0 Å². The van der Waals surface area contributed by atoms with Crippen LogP contribution in [0.2, 0.25) is 0 Å². The van der Waals surface area contributed by atoms with Crippen LogP contribution in [0.5, 0.6) is 0 Å². The second-order valence-electron chi connectivity index (χ2n) is 27.2. The molecule has 4 heterocycles. The predicted molar refractivity (Wildman–Crippen MR) is 280 cm³/mol. The molecule has 15 N–H and O–H groups in total. The van der Waals surface area contributed by atoms with E-state index >= 15 is 4.79 Å². The fourth-order valence-corrected chi connectivity index (χ4v) is 16.6. The number of fused-ring (bicyclic) bond motifs is 7. The number of hydrogen-bond acceptors (Lipinski definition) is 26. The lowest BCUT2D eigenvalue weighted by molar-refractivity contribution is -0.377. The van der Waals surface area contributed by atoms with E-state index in [-0.39, 0.29) is 35.2 Å². The summed E-state index contributed by atoms with van der Waals surface area (Å²) in [7, 11) is 0. The number of carbonyl (C=O) groups is 2. The van der Waals surface area contributed by atoms with Gasteiger partial charge in [0, 0.05) is 0 Å². The summed E-state index contributed by atoms with van der Waals surface area (Å²) in [5.74, 6) is -1.81. The van der Waals surface area contributed by atoms with Crippen molar-refractivity contribution in [3.8, 4) is 0 Å². The van der Waals surface area contributed by atoms with Gasteiger partial charge in [-0.05, 0) is 117 Å². The van der Waals surface area contributed by atoms with Gasteiger partial charge in [0.1, 0.15) is 104 Å². The molecule has 9 aliphatic rings. The van der Waals surface area contributed by atoms with E-state index in [4.69, 9.17) is 42.6 Å². The molecule has 0 spiro atoms. The Kier molecular flexibility index (Phi) is 19.1. The first-order valence-electron chi connectivity index (χ1n) is 29.5. The number of hydrogen-bond donors (Lipinski definition) is 15. The lowest BCUT2D eigenvalue weighted by Crippen LogP contribution is -2.67. The maximum absolute atomic E-state index is 15.6. The number of rotatable bonds is 15. The topological polar surface area (TPSA) is 421 Å². The van der Waals surface area contributed by atoms with Gasteiger partial charge in [-0.3, -0.25) is 9.59 Å². The van der Waals surface area contributed by atoms with E-state index in [0.29, 0.717) is 64.2 Å². The molecule has 4 saturated heterocycles. The smallest absolute Gasteiger partial charge is 0.315 e. The molecule has 26 nitrogen and oxygen atoms in total. The van der Waals surface area contributed by atoms with E-state index in [9.17, 15) is 81.4 Å². The number of aliphatic hydroxyl groups is 15. The maximum atomic E-state index is 15.6. The highest BCUT2D eigenvalue weighted by molar-refractivity contribution is 5.79. The zero-order chi connectivity index (χ0) is 60.8. The number of carbonyl (C=O) groups excluding carboxylic acids is 2. The normalized spacial score (nSPS) is 51.9. The SMILES string of the molecule is C[C@@H](O)COC(=O)[C@@]1(C)[C@@H]2CC[C@]3(C)[C@H](CC=C4[C@@H]5CC(C)(C)CC[C@]5(C(=O)O[C@@H]5O[C@H](CO[C@@H]6O[C@H](CO)[C@@H](O)[C@H](O)[C@H]6O[C@@H]6O[C@H](CO)[C@@H](O)[C@H](O)[C@H]6O)[C@@H](O)[C@H](O[C@@H]6O[C@H](CO)[C@@H](O)[C@H](O)[C@H]6O)[C@H]5O)CC[C@]43C)[C@@]2(C)CC[C@@H]1O. The fraction of sp³-hybridized carbons (Fsp3) is 0.930. The van der Waals surface area contributed by atoms with E-state index in [1.165, 1.54) is 6.92 Å². The van der Waals surface area contributed by atoms with Crippen LogP contribution in [0.4, 0.5) is 0 Å². The molecule has 0 bridgehead atoms. The molecule has 9 rings (SSSR count). The molecular formula is C57H92O26. The van der Waals surface area contributed by atoms with Crippen molar-refractivity contribution in [3.63, 3.8) is 0 Å². The van der Waals surface area contributed by atoms with Gasteiger partial charge in [0.2, 0.25) is 6.29 Å². The standard InChI is InChI=1S/C57H92O26/c1-24(61)22-76-50(73)56(7)32-10-13-55(6)31(53(32,4)12-11-33(56)62)9-8-25-26-18-52(2,3)14-16-57(26,17-15-54(25,55)5)51(74)83-48-43(72)44(81-46-41(70)38(67)34(63)27(19-58)77-46)37(66)30(80-48)23-75-49-45(40(69)36(65)29(21-60)79-49)82-47-42(71)39(68)35(64)28(20-59)78-47/h8,24,26-49,58-72H,9-23H2,1-7H3/t24-,26+,27-,28-,29-,30-,31-,32-,33+,34-,35-,36-,37-,38+,39+,40+,41-,42-,43-,44+,45-,46+,47+,48+,49-,53-,54-,55-,56+,57+/m1/s1. The van der Waals surface area contributed by atoms with Gasteiger partial charge in [-0.1, -0.05) is 46.3 Å². The highest BCUT2D eigenvalue weighted by Crippen LogP contribution is 2.76. The summed E-state index contributed by atoms with van der Waals surface area (Å²) in [4.78, 5) is 29.6. The van der Waals surface area contributed by atoms with E-state index in [1.807, 2.05) is 0 Å². The van der Waals surface area contributed by atoms with Crippen LogP contribution >= 0.6 is 0 Å². The van der Waals surface area contributed by atoms with Crippen LogP contribution in [-0.4, -0.2) is 257 Å². The second kappa shape index (κ2) is 24.3. The minimum atomic E-state index is -2.08. The number of ether oxygens (including phenoxy) is 9. The Morgan fingerprint density at radius 1 is 0.578 bits per heavy atom. The van der Waals surface area contributed by atoms with Gasteiger partial charge in [0.25, 0.3) is 0 Å². The Labute approximate surface area is 482 Å². The van der Waals surface area contributed by atoms with Gasteiger partial charge in [-0.25, -0.2) is 0 Å². The van der Waals surface area contributed by atoms with E-state index in [2.05, 4.69) is 40.7 Å². The van der Waals surface area contributed by atoms with Gasteiger partial charge in [-0.15, -0.1) is 0 Å². The first kappa shape index (κ1) is 65.3. The van der Waals surface area contributed by atoms with Gasteiger partial charge in [-0.2, -0.15) is 0 Å². The molecule has 8 fully saturated rings. The van der Waals surface area contributed by atoms with Gasteiger partial charge >= 0.3 is 11.9 Å². The van der Waals surface area contributed by atoms with Crippen LogP contribution in [-0.2, 0) is 52.2 Å². The average Bonchev–Trinajstić information content (AvgIpc) is 0.752. The summed E-state index contributed by atoms with van der Waals surface area (Å²) in [5, 5.41) is 162. The molecule has 30 atom stereocenters. The third-order valence-corrected chi connectivity index (χ3v) is 22.0. The Morgan fingerprint density at radius 2 is 1.12 bits per heavy atom. The minimum absolute atomic E-state index is 0.0587. The van der Waals surface area contributed by atoms with Gasteiger partial charge < -0.3 is 119 Å². The molecule has 0 aromatic heterocycles. The molecule has 476 valence electrons. The predicted octanol–water partition coefficient (Wildman–Crippen LogP) is -3.13. The number of aliphatic hydroxyl groups excluding tert-OH is 15. The molecule has 26 heteroatoms. The minimum Gasteiger partial charge on any atom is -0.462 e. The van der Waals surface area contributed by atoms with Gasteiger partial charge in [0.05, 0.1) is 49.5 Å². The van der Waals surface area contributed by atoms with Gasteiger partial charge in [0.15, 0.2) is 18.9 Å². The summed E-state index contributed by atoms with van der Waals surface area (Å²) >= 11 is 0. The third-order valence-electron chi connectivity index (χ3n) is 22.0. The van der Waals surface area contributed by atoms with Crippen LogP contribution in [0.1, 0.15) is 113 Å². The van der Waals surface area contributed by atoms with Crippen LogP contribution < -0.4 is 0 Å². The molecule has 4 saturated carbocycles. The average molecular weight is 1190 g/mol. The van der Waals surface area contributed by atoms with Crippen molar-refractivity contribution >= 4 is 11.9 Å². The molecule has 4 aliphatic heterocycles. The van der Waals surface area contributed by atoms with Crippen LogP contribution in [0.3, 0.4) is 0 Å². The largest absolute Gasteiger partial charge is 0.462 e. The quantitative estimate of drug-likeness (QED) is 0.0569. The van der Waals surface area contributed by atoms with E-state index in [0.717, 1.165) is 5.57 Å². The van der Waals surface area contributed by atoms with Crippen molar-refractivity contribution < 1.29 is 129 Å². The van der Waals surface area contributed by atoms with E-state index < -0.39 is 195 Å². The maximum Gasteiger partial charge on any atom is 0.315 e. The van der Waals surface area contributed by atoms with Crippen molar-refractivity contribution in [2.45, 2.75) is 248 Å². The van der Waals surface area contributed by atoms with Crippen molar-refractivity contribution in [3.05, 3.63) is 11.6 Å². The van der Waals surface area contributed by atoms with Crippen LogP contribution in [0, 0.1) is 50.2 Å². The summed E-state index contributed by atoms with van der Waals surface area (Å²) in [5.41, 5.74) is -2.76. The molecular weight excluding hydrogens is 1100 g/mol. The van der Waals surface area contributed by atoms with E-state index in [1.54, 1.807) is 6.92 Å². The highest BCUT2D eigenvalue weighted by Gasteiger charge is 2.71. The second-order valence-corrected chi connectivity index (χ2v) is 27.2. The number of allylic oxidation sites excluding steroid dienone is 2. The first-order chi connectivity index (χ1) is 38.9. The lowest BCUT2D eigenvalue weighted by Gasteiger charge is -2.71. The van der Waals surface area contributed by atoms with Crippen molar-refractivity contribution in [1.29, 1.82) is 0 Å². The summed E-state index contributed by atoms with van der Waals surface area (Å²) in [6.45, 7) is 10.9. The van der Waals surface area contributed by atoms with Crippen molar-refractivity contribution in [2.24, 2.45) is 50.2 Å². The Morgan fingerprint density at radius 3 is 1.70 bits per heavy atom. The summed E-state index contributed by atoms with van der Waals surface area (Å²) < 4.78 is 53.0. The van der Waals surface area contributed by atoms with Crippen LogP contribution in [0.25, 0.3) is 0 Å². The zero-order valence-electron chi connectivity index (χ0n) is 48.3. The molecule has 0 aromatic carbocycles. The third kappa shape index (κ3) is 11.1. The summed E-state index contributed by atoms with van der Waals surface area (Å²) in [6.07, 6.45) is -31.2. The molecule has 0 aromatic rings. The summed E-state index contributed by atoms with van der Waals surface area (Å²) in [6, 6.07) is 0. The van der Waals surface area contributed by atoms with Crippen molar-refractivity contribution in [1.82, 2.24) is 0 Å². The highest BCUT2D eigenvalue weighted by atomic mass is 16.8. The Bertz CT molecular complexity index is 2310. The molecule has 0 amide bonds. The molecule has 5 aliphatic carbocycles. The first-order valence-corrected chi connectivity index (χ1v) is 29.5. The Hall–Kier alpha value is -2.20. The number of esters is 2. The fourth-order valence-electron chi connectivity index (χ4n) is 16.6. The Balaban J connectivity index is 1.01. The monoisotopic (exact) mass is 1190 g/mol. The zero-order valence-corrected chi connectivity index (χ0v) is 48.3.